The van der Waals surface area contributed by atoms with Gasteiger partial charge < -0.3 is 9.79 Å². The van der Waals surface area contributed by atoms with E-state index in [0.717, 1.165) is 12.8 Å². The van der Waals surface area contributed by atoms with E-state index in [1.54, 1.807) is 0 Å². The van der Waals surface area contributed by atoms with Crippen molar-refractivity contribution in [1.29, 1.82) is 0 Å². The Labute approximate surface area is 150 Å². The van der Waals surface area contributed by atoms with Crippen molar-refractivity contribution >= 4 is 7.82 Å². The van der Waals surface area contributed by atoms with Gasteiger partial charge >= 0.3 is 7.82 Å². The van der Waals surface area contributed by atoms with Crippen LogP contribution < -0.4 is 0 Å². The topological polar surface area (TPSA) is 66.8 Å². The maximum atomic E-state index is 10.6. The number of hydrogen-bond donors (Lipinski definition) is 2. The molecule has 0 fully saturated rings. The van der Waals surface area contributed by atoms with Crippen LogP contribution in [0.4, 0.5) is 0 Å². The minimum Gasteiger partial charge on any atom is -0.303 e. The van der Waals surface area contributed by atoms with Gasteiger partial charge in [0.25, 0.3) is 0 Å². The molecular weight excluding hydrogens is 323 g/mol. The highest BCUT2D eigenvalue weighted by molar-refractivity contribution is 7.46. The van der Waals surface area contributed by atoms with Gasteiger partial charge in [0.2, 0.25) is 0 Å². The second kappa shape index (κ2) is 16.6. The maximum absolute atomic E-state index is 10.6. The van der Waals surface area contributed by atoms with E-state index in [0.29, 0.717) is 0 Å². The second-order valence-electron chi connectivity index (χ2n) is 7.28. The first-order valence-electron chi connectivity index (χ1n) is 10.2. The van der Waals surface area contributed by atoms with E-state index in [1.165, 1.54) is 83.5 Å². The smallest absolute Gasteiger partial charge is 0.303 e. The third kappa shape index (κ3) is 20.2. The van der Waals surface area contributed by atoms with Crippen LogP contribution in [-0.4, -0.2) is 16.4 Å². The van der Waals surface area contributed by atoms with Crippen LogP contribution in [0.25, 0.3) is 0 Å². The van der Waals surface area contributed by atoms with Gasteiger partial charge in [-0.05, 0) is 12.3 Å². The van der Waals surface area contributed by atoms with Crippen molar-refractivity contribution < 1.29 is 18.9 Å². The monoisotopic (exact) mass is 364 g/mol. The Bertz CT molecular complexity index is 304. The van der Waals surface area contributed by atoms with E-state index in [4.69, 9.17) is 9.79 Å². The Hall–Kier alpha value is 0.110. The van der Waals surface area contributed by atoms with Crippen LogP contribution in [0.5, 0.6) is 0 Å². The Morgan fingerprint density at radius 1 is 0.750 bits per heavy atom. The lowest BCUT2D eigenvalue weighted by atomic mass is 10.0. The summed E-state index contributed by atoms with van der Waals surface area (Å²) in [5, 5.41) is 0. The number of rotatable bonds is 18. The minimum atomic E-state index is -4.29. The van der Waals surface area contributed by atoms with Gasteiger partial charge in [-0.1, -0.05) is 104 Å². The van der Waals surface area contributed by atoms with Crippen LogP contribution >= 0.6 is 7.82 Å². The van der Waals surface area contributed by atoms with E-state index in [9.17, 15) is 4.57 Å². The molecule has 0 aliphatic heterocycles. The molecule has 146 valence electrons. The molecule has 0 aliphatic carbocycles. The van der Waals surface area contributed by atoms with Crippen molar-refractivity contribution in [3.05, 3.63) is 0 Å². The molecule has 4 nitrogen and oxygen atoms in total. The zero-order valence-corrected chi connectivity index (χ0v) is 16.9. The molecule has 1 atom stereocenters. The molecule has 24 heavy (non-hydrogen) atoms. The fourth-order valence-electron chi connectivity index (χ4n) is 3.00. The Kier molecular flexibility index (Phi) is 16.6. The quantitative estimate of drug-likeness (QED) is 0.212. The summed E-state index contributed by atoms with van der Waals surface area (Å²) in [6, 6.07) is 0. The fraction of sp³-hybridized carbons (Fsp3) is 1.00. The van der Waals surface area contributed by atoms with Gasteiger partial charge in [-0.3, -0.25) is 4.52 Å². The molecule has 0 saturated carbocycles. The van der Waals surface area contributed by atoms with Gasteiger partial charge in [0.15, 0.2) is 0 Å². The Balaban J connectivity index is 3.16. The zero-order valence-electron chi connectivity index (χ0n) is 16.0. The lowest BCUT2D eigenvalue weighted by Crippen LogP contribution is -2.04. The molecule has 0 spiro atoms. The molecule has 0 rings (SSSR count). The number of phosphoric ester groups is 1. The van der Waals surface area contributed by atoms with Crippen molar-refractivity contribution in [2.45, 2.75) is 110 Å². The highest BCUT2D eigenvalue weighted by atomic mass is 31.2. The van der Waals surface area contributed by atoms with Crippen LogP contribution in [0, 0.1) is 5.92 Å². The predicted molar refractivity (Wildman–Crippen MR) is 102 cm³/mol. The summed E-state index contributed by atoms with van der Waals surface area (Å²) < 4.78 is 15.1. The van der Waals surface area contributed by atoms with E-state index in [1.807, 2.05) is 6.92 Å². The maximum Gasteiger partial charge on any atom is 0.469 e. The van der Waals surface area contributed by atoms with Crippen molar-refractivity contribution in [3.8, 4) is 0 Å². The summed E-state index contributed by atoms with van der Waals surface area (Å²) in [7, 11) is -4.29. The number of hydrogen-bond acceptors (Lipinski definition) is 2. The second-order valence-corrected chi connectivity index (χ2v) is 8.52. The molecule has 0 radical (unpaired) electrons. The summed E-state index contributed by atoms with van der Waals surface area (Å²) in [5.41, 5.74) is 0. The summed E-state index contributed by atoms with van der Waals surface area (Å²) in [5.74, 6) is 0.218. The third-order valence-corrected chi connectivity index (χ3v) is 5.06. The molecule has 1 unspecified atom stereocenters. The largest absolute Gasteiger partial charge is 0.469 e. The van der Waals surface area contributed by atoms with Crippen LogP contribution in [0.15, 0.2) is 0 Å². The molecule has 5 heteroatoms. The average Bonchev–Trinajstić information content (AvgIpc) is 2.52. The van der Waals surface area contributed by atoms with Gasteiger partial charge in [0, 0.05) is 0 Å². The SMILES string of the molecule is CCCCCCCCCCCCCCCCC(C)COP(=O)(O)O. The van der Waals surface area contributed by atoms with Gasteiger partial charge in [-0.15, -0.1) is 0 Å². The molecule has 0 aromatic heterocycles. The van der Waals surface area contributed by atoms with Gasteiger partial charge in [0.1, 0.15) is 0 Å². The lowest BCUT2D eigenvalue weighted by molar-refractivity contribution is 0.168. The molecular formula is C19H41O4P. The highest BCUT2D eigenvalue weighted by Crippen LogP contribution is 2.36. The Morgan fingerprint density at radius 2 is 1.12 bits per heavy atom. The van der Waals surface area contributed by atoms with Crippen molar-refractivity contribution in [1.82, 2.24) is 0 Å². The standard InChI is InChI=1S/C19H41O4P/c1-3-4-5-6-7-8-9-10-11-12-13-14-15-16-17-19(2)18-23-24(20,21)22/h19H,3-18H2,1-2H3,(H2,20,21,22). The van der Waals surface area contributed by atoms with E-state index in [2.05, 4.69) is 11.4 Å². The summed E-state index contributed by atoms with van der Waals surface area (Å²) >= 11 is 0. The van der Waals surface area contributed by atoms with Crippen LogP contribution in [-0.2, 0) is 9.09 Å². The van der Waals surface area contributed by atoms with Crippen LogP contribution in [0.1, 0.15) is 110 Å². The molecule has 2 N–H and O–H groups in total. The van der Waals surface area contributed by atoms with Gasteiger partial charge in [-0.25, -0.2) is 4.57 Å². The summed E-state index contributed by atoms with van der Waals surface area (Å²) in [4.78, 5) is 17.3. The first-order valence-corrected chi connectivity index (χ1v) is 11.7. The summed E-state index contributed by atoms with van der Waals surface area (Å²) in [6.45, 7) is 4.40. The number of phosphoric acid groups is 1. The molecule has 0 aromatic carbocycles. The van der Waals surface area contributed by atoms with Gasteiger partial charge in [-0.2, -0.15) is 0 Å². The van der Waals surface area contributed by atoms with Crippen molar-refractivity contribution in [2.24, 2.45) is 5.92 Å². The predicted octanol–water partition coefficient (Wildman–Crippen LogP) is 6.60. The van der Waals surface area contributed by atoms with E-state index >= 15 is 0 Å². The van der Waals surface area contributed by atoms with E-state index in [-0.39, 0.29) is 12.5 Å². The zero-order chi connectivity index (χ0) is 18.1. The van der Waals surface area contributed by atoms with Crippen molar-refractivity contribution in [2.75, 3.05) is 6.61 Å². The fourth-order valence-corrected chi connectivity index (χ4v) is 3.44. The highest BCUT2D eigenvalue weighted by Gasteiger charge is 2.15. The molecule has 0 amide bonds. The average molecular weight is 365 g/mol. The Morgan fingerprint density at radius 3 is 1.50 bits per heavy atom. The van der Waals surface area contributed by atoms with Gasteiger partial charge in [0.05, 0.1) is 6.61 Å². The normalized spacial score (nSPS) is 13.3. The summed E-state index contributed by atoms with van der Waals surface area (Å²) in [6.07, 6.45) is 19.9. The molecule has 0 aliphatic rings. The molecule has 0 bridgehead atoms. The first-order chi connectivity index (χ1) is 11.5. The molecule has 0 saturated heterocycles. The van der Waals surface area contributed by atoms with E-state index < -0.39 is 7.82 Å². The molecule has 0 heterocycles. The van der Waals surface area contributed by atoms with Crippen LogP contribution in [0.2, 0.25) is 0 Å². The lowest BCUT2D eigenvalue weighted by Gasteiger charge is -2.12. The van der Waals surface area contributed by atoms with Crippen molar-refractivity contribution in [3.63, 3.8) is 0 Å². The molecule has 0 aromatic rings. The van der Waals surface area contributed by atoms with Crippen LogP contribution in [0.3, 0.4) is 0 Å². The number of unbranched alkanes of at least 4 members (excludes halogenated alkanes) is 13. The minimum absolute atomic E-state index is 0.155. The first kappa shape index (κ1) is 24.1. The third-order valence-electron chi connectivity index (χ3n) is 4.58.